The van der Waals surface area contributed by atoms with E-state index in [2.05, 4.69) is 44.7 Å². The van der Waals surface area contributed by atoms with E-state index < -0.39 is 5.91 Å². The van der Waals surface area contributed by atoms with Gasteiger partial charge in [0.25, 0.3) is 11.7 Å². The fourth-order valence-corrected chi connectivity index (χ4v) is 4.09. The van der Waals surface area contributed by atoms with E-state index in [9.17, 15) is 4.79 Å². The molecular formula is C16H16N4O2S. The first-order valence-electron chi connectivity index (χ1n) is 7.55. The van der Waals surface area contributed by atoms with Crippen molar-refractivity contribution in [2.24, 2.45) is 5.73 Å². The van der Waals surface area contributed by atoms with Gasteiger partial charge in [-0.1, -0.05) is 23.4 Å². The molecule has 1 aromatic carbocycles. The van der Waals surface area contributed by atoms with Crippen molar-refractivity contribution in [2.45, 2.75) is 25.4 Å². The first kappa shape index (κ1) is 14.3. The second-order valence-electron chi connectivity index (χ2n) is 5.71. The number of hydrogen-bond acceptors (Lipinski definition) is 6. The Morgan fingerprint density at radius 3 is 3.13 bits per heavy atom. The number of likely N-dealkylation sites (tertiary alicyclic amines) is 1. The van der Waals surface area contributed by atoms with E-state index >= 15 is 0 Å². The molecule has 0 saturated carbocycles. The molecule has 4 rings (SSSR count). The molecule has 1 fully saturated rings. The van der Waals surface area contributed by atoms with Crippen LogP contribution in [0.3, 0.4) is 0 Å². The summed E-state index contributed by atoms with van der Waals surface area (Å²) in [6.45, 7) is 1.81. The Bertz CT molecular complexity index is 857. The zero-order valence-corrected chi connectivity index (χ0v) is 13.3. The predicted molar refractivity (Wildman–Crippen MR) is 87.0 cm³/mol. The van der Waals surface area contributed by atoms with Crippen molar-refractivity contribution in [3.8, 4) is 0 Å². The number of fused-ring (bicyclic) bond motifs is 1. The first-order chi connectivity index (χ1) is 11.2. The maximum Gasteiger partial charge on any atom is 0.290 e. The van der Waals surface area contributed by atoms with E-state index in [-0.39, 0.29) is 11.9 Å². The van der Waals surface area contributed by atoms with Crippen LogP contribution in [0.5, 0.6) is 0 Å². The third kappa shape index (κ3) is 2.62. The van der Waals surface area contributed by atoms with Gasteiger partial charge in [0.05, 0.1) is 6.04 Å². The third-order valence-electron chi connectivity index (χ3n) is 4.25. The van der Waals surface area contributed by atoms with Gasteiger partial charge in [0.1, 0.15) is 0 Å². The normalized spacial score (nSPS) is 18.7. The molecule has 1 aliphatic rings. The molecule has 2 aromatic heterocycles. The molecule has 0 spiro atoms. The molecule has 118 valence electrons. The zero-order chi connectivity index (χ0) is 15.8. The molecule has 2 N–H and O–H groups in total. The van der Waals surface area contributed by atoms with Crippen molar-refractivity contribution < 1.29 is 9.32 Å². The van der Waals surface area contributed by atoms with E-state index in [0.29, 0.717) is 5.89 Å². The molecule has 1 aliphatic heterocycles. The highest BCUT2D eigenvalue weighted by molar-refractivity contribution is 7.17. The number of aromatic nitrogens is 2. The maximum atomic E-state index is 11.1. The predicted octanol–water partition coefficient (Wildman–Crippen LogP) is 2.72. The van der Waals surface area contributed by atoms with E-state index in [0.717, 1.165) is 25.9 Å². The number of carbonyl (C=O) groups excluding carboxylic acids is 1. The van der Waals surface area contributed by atoms with Crippen molar-refractivity contribution in [1.29, 1.82) is 0 Å². The summed E-state index contributed by atoms with van der Waals surface area (Å²) in [6, 6.07) is 8.48. The van der Waals surface area contributed by atoms with Crippen LogP contribution in [-0.4, -0.2) is 27.5 Å². The summed E-state index contributed by atoms with van der Waals surface area (Å²) in [5, 5.41) is 7.17. The fourth-order valence-electron chi connectivity index (χ4n) is 3.14. The van der Waals surface area contributed by atoms with Crippen molar-refractivity contribution in [2.75, 3.05) is 6.54 Å². The molecule has 3 heterocycles. The standard InChI is InChI=1S/C16H16N4O2S/c17-14(21)15-18-16(22-19-15)12-5-3-7-20(12)8-10-9-23-13-6-2-1-4-11(10)13/h1-2,4,6,9,12H,3,5,7-8H2,(H2,17,21). The SMILES string of the molecule is NC(=O)c1noc(C2CCCN2Cc2csc3ccccc23)n1. The van der Waals surface area contributed by atoms with Gasteiger partial charge in [0.15, 0.2) is 0 Å². The molecule has 1 atom stereocenters. The van der Waals surface area contributed by atoms with Gasteiger partial charge in [0.2, 0.25) is 5.89 Å². The van der Waals surface area contributed by atoms with Crippen LogP contribution in [0.4, 0.5) is 0 Å². The summed E-state index contributed by atoms with van der Waals surface area (Å²) < 4.78 is 6.54. The maximum absolute atomic E-state index is 11.1. The largest absolute Gasteiger partial charge is 0.363 e. The number of carbonyl (C=O) groups is 1. The van der Waals surface area contributed by atoms with E-state index in [4.69, 9.17) is 10.3 Å². The quantitative estimate of drug-likeness (QED) is 0.796. The van der Waals surface area contributed by atoms with E-state index in [1.165, 1.54) is 15.6 Å². The topological polar surface area (TPSA) is 85.2 Å². The van der Waals surface area contributed by atoms with Gasteiger partial charge < -0.3 is 10.3 Å². The number of thiophene rings is 1. The molecule has 7 heteroatoms. The molecule has 6 nitrogen and oxygen atoms in total. The molecule has 3 aromatic rings. The van der Waals surface area contributed by atoms with Gasteiger partial charge >= 0.3 is 0 Å². The minimum atomic E-state index is -0.659. The number of benzene rings is 1. The molecular weight excluding hydrogens is 312 g/mol. The summed E-state index contributed by atoms with van der Waals surface area (Å²) in [7, 11) is 0. The number of primary amides is 1. The number of nitrogens with two attached hydrogens (primary N) is 1. The van der Waals surface area contributed by atoms with Crippen molar-refractivity contribution in [3.63, 3.8) is 0 Å². The highest BCUT2D eigenvalue weighted by Crippen LogP contribution is 2.34. The molecule has 1 saturated heterocycles. The lowest BCUT2D eigenvalue weighted by atomic mass is 10.1. The number of rotatable bonds is 4. The van der Waals surface area contributed by atoms with Gasteiger partial charge in [-0.05, 0) is 41.8 Å². The van der Waals surface area contributed by atoms with Crippen LogP contribution < -0.4 is 5.73 Å². The number of hydrogen-bond donors (Lipinski definition) is 1. The van der Waals surface area contributed by atoms with Crippen LogP contribution in [0.2, 0.25) is 0 Å². The van der Waals surface area contributed by atoms with Crippen molar-refractivity contribution in [3.05, 3.63) is 46.9 Å². The second-order valence-corrected chi connectivity index (χ2v) is 6.62. The Morgan fingerprint density at radius 1 is 1.43 bits per heavy atom. The van der Waals surface area contributed by atoms with Gasteiger partial charge in [-0.3, -0.25) is 9.69 Å². The summed E-state index contributed by atoms with van der Waals surface area (Å²) in [6.07, 6.45) is 2.02. The van der Waals surface area contributed by atoms with E-state index in [1.807, 2.05) is 0 Å². The highest BCUT2D eigenvalue weighted by atomic mass is 32.1. The van der Waals surface area contributed by atoms with Crippen LogP contribution in [0.25, 0.3) is 10.1 Å². The van der Waals surface area contributed by atoms with Crippen molar-refractivity contribution in [1.82, 2.24) is 15.0 Å². The summed E-state index contributed by atoms with van der Waals surface area (Å²) in [5.41, 5.74) is 6.51. The van der Waals surface area contributed by atoms with E-state index in [1.54, 1.807) is 11.3 Å². The average Bonchev–Trinajstić information content (AvgIpc) is 3.26. The molecule has 1 amide bonds. The zero-order valence-electron chi connectivity index (χ0n) is 12.4. The monoisotopic (exact) mass is 328 g/mol. The summed E-state index contributed by atoms with van der Waals surface area (Å²) in [5.74, 6) is -0.225. The smallest absolute Gasteiger partial charge is 0.290 e. The Morgan fingerprint density at radius 2 is 2.30 bits per heavy atom. The first-order valence-corrected chi connectivity index (χ1v) is 8.43. The minimum absolute atomic E-state index is 0.0483. The third-order valence-corrected chi connectivity index (χ3v) is 5.26. The average molecular weight is 328 g/mol. The molecule has 23 heavy (non-hydrogen) atoms. The van der Waals surface area contributed by atoms with Gasteiger partial charge in [-0.2, -0.15) is 4.98 Å². The number of nitrogens with zero attached hydrogens (tertiary/aromatic N) is 3. The molecule has 1 unspecified atom stereocenters. The van der Waals surface area contributed by atoms with Crippen LogP contribution in [0.15, 0.2) is 34.2 Å². The van der Waals surface area contributed by atoms with Crippen LogP contribution in [0, 0.1) is 0 Å². The Kier molecular flexibility index (Phi) is 3.59. The summed E-state index contributed by atoms with van der Waals surface area (Å²) in [4.78, 5) is 17.6. The Labute approximate surface area is 136 Å². The molecule has 0 bridgehead atoms. The van der Waals surface area contributed by atoms with Crippen LogP contribution in [0.1, 0.15) is 41.0 Å². The lowest BCUT2D eigenvalue weighted by Crippen LogP contribution is -2.23. The highest BCUT2D eigenvalue weighted by Gasteiger charge is 2.31. The molecule has 0 radical (unpaired) electrons. The Balaban J connectivity index is 1.59. The lowest BCUT2D eigenvalue weighted by molar-refractivity contribution is 0.0987. The molecule has 0 aliphatic carbocycles. The number of amides is 1. The second kappa shape index (κ2) is 5.75. The van der Waals surface area contributed by atoms with Gasteiger partial charge in [-0.25, -0.2) is 0 Å². The minimum Gasteiger partial charge on any atom is -0.363 e. The Hall–Kier alpha value is -2.25. The van der Waals surface area contributed by atoms with Gasteiger partial charge in [0, 0.05) is 11.2 Å². The van der Waals surface area contributed by atoms with Crippen LogP contribution in [-0.2, 0) is 6.54 Å². The van der Waals surface area contributed by atoms with Gasteiger partial charge in [-0.15, -0.1) is 11.3 Å². The lowest BCUT2D eigenvalue weighted by Gasteiger charge is -2.21. The summed E-state index contributed by atoms with van der Waals surface area (Å²) >= 11 is 1.76. The van der Waals surface area contributed by atoms with Crippen molar-refractivity contribution >= 4 is 27.3 Å². The fraction of sp³-hybridized carbons (Fsp3) is 0.312. The van der Waals surface area contributed by atoms with Crippen LogP contribution >= 0.6 is 11.3 Å².